The van der Waals surface area contributed by atoms with E-state index in [-0.39, 0.29) is 12.0 Å². The third kappa shape index (κ3) is 7.60. The number of alkyl carbamates (subject to hydrolysis) is 1. The minimum absolute atomic E-state index is 0.0735. The van der Waals surface area contributed by atoms with Gasteiger partial charge in [-0.2, -0.15) is 0 Å². The lowest BCUT2D eigenvalue weighted by molar-refractivity contribution is -0.162. The van der Waals surface area contributed by atoms with Gasteiger partial charge in [-0.25, -0.2) is 19.6 Å². The lowest BCUT2D eigenvalue weighted by atomic mass is 9.86. The van der Waals surface area contributed by atoms with E-state index >= 15 is 0 Å². The zero-order chi connectivity index (χ0) is 30.5. The minimum Gasteiger partial charge on any atom is -0.458 e. The molecule has 0 saturated heterocycles. The number of aromatic nitrogens is 2. The van der Waals surface area contributed by atoms with Gasteiger partial charge in [0.1, 0.15) is 12.2 Å². The minimum atomic E-state index is -1.50. The second-order valence-electron chi connectivity index (χ2n) is 12.5. The number of amides is 1. The van der Waals surface area contributed by atoms with E-state index in [0.717, 1.165) is 22.3 Å². The molecule has 1 amide bonds. The van der Waals surface area contributed by atoms with Crippen LogP contribution in [0.5, 0.6) is 0 Å². The van der Waals surface area contributed by atoms with Crippen molar-refractivity contribution in [1.29, 1.82) is 0 Å². The zero-order valence-corrected chi connectivity index (χ0v) is 25.4. The Balaban J connectivity index is 1.53. The Morgan fingerprint density at radius 3 is 1.79 bits per heavy atom. The largest absolute Gasteiger partial charge is 0.458 e. The molecule has 3 aromatic carbocycles. The number of hydrogen-bond acceptors (Lipinski definition) is 6. The van der Waals surface area contributed by atoms with Crippen LogP contribution in [0.2, 0.25) is 0 Å². The van der Waals surface area contributed by atoms with Gasteiger partial charge in [-0.3, -0.25) is 0 Å². The summed E-state index contributed by atoms with van der Waals surface area (Å²) in [5.74, 6) is -0.0525. The first-order chi connectivity index (χ1) is 19.7. The number of esters is 1. The van der Waals surface area contributed by atoms with E-state index in [1.54, 1.807) is 52.2 Å². The molecule has 0 aliphatic heterocycles. The van der Waals surface area contributed by atoms with E-state index in [9.17, 15) is 9.59 Å². The maximum absolute atomic E-state index is 13.4. The lowest BCUT2D eigenvalue weighted by Gasteiger charge is -2.32. The molecule has 218 valence electrons. The van der Waals surface area contributed by atoms with Gasteiger partial charge in [0.2, 0.25) is 0 Å². The average molecular weight is 566 g/mol. The summed E-state index contributed by atoms with van der Waals surface area (Å²) in [4.78, 5) is 35.4. The molecule has 7 heteroatoms. The standard InChI is InChI=1S/C35H39N3O4/c1-33(2,3)28-17-13-25(14-18-28)27-21-36-30(37-22-27)26-15-19-29(20-16-26)35(7,31(39)42-34(4,5)6)38-32(40)41-23-24-11-9-8-10-12-24/h8-22H,23H2,1-7H3,(H,38,40)/t35-/m0/s1. The molecule has 7 nitrogen and oxygen atoms in total. The molecular formula is C35H39N3O4. The summed E-state index contributed by atoms with van der Waals surface area (Å²) < 4.78 is 11.1. The fourth-order valence-electron chi connectivity index (χ4n) is 4.33. The summed E-state index contributed by atoms with van der Waals surface area (Å²) >= 11 is 0. The van der Waals surface area contributed by atoms with Crippen molar-refractivity contribution in [2.75, 3.05) is 0 Å². The Morgan fingerprint density at radius 1 is 0.690 bits per heavy atom. The van der Waals surface area contributed by atoms with E-state index in [0.29, 0.717) is 11.4 Å². The van der Waals surface area contributed by atoms with Gasteiger partial charge in [0, 0.05) is 23.5 Å². The monoisotopic (exact) mass is 565 g/mol. The molecule has 0 spiro atoms. The van der Waals surface area contributed by atoms with Crippen LogP contribution in [0.3, 0.4) is 0 Å². The summed E-state index contributed by atoms with van der Waals surface area (Å²) in [5.41, 5.74) is 3.21. The van der Waals surface area contributed by atoms with Gasteiger partial charge in [0.15, 0.2) is 11.4 Å². The van der Waals surface area contributed by atoms with Gasteiger partial charge in [-0.15, -0.1) is 0 Å². The summed E-state index contributed by atoms with van der Waals surface area (Å²) in [6.07, 6.45) is 2.88. The molecule has 0 radical (unpaired) electrons. The fourth-order valence-corrected chi connectivity index (χ4v) is 4.33. The first kappa shape index (κ1) is 30.4. The summed E-state index contributed by atoms with van der Waals surface area (Å²) in [6.45, 7) is 13.6. The van der Waals surface area contributed by atoms with Gasteiger partial charge in [0.25, 0.3) is 0 Å². The lowest BCUT2D eigenvalue weighted by Crippen LogP contribution is -2.52. The van der Waals surface area contributed by atoms with Gasteiger partial charge in [-0.1, -0.05) is 99.6 Å². The normalized spacial score (nSPS) is 13.1. The van der Waals surface area contributed by atoms with Crippen LogP contribution in [-0.2, 0) is 31.8 Å². The Kier molecular flexibility index (Phi) is 8.81. The van der Waals surface area contributed by atoms with Gasteiger partial charge in [-0.05, 0) is 55.4 Å². The predicted molar refractivity (Wildman–Crippen MR) is 165 cm³/mol. The van der Waals surface area contributed by atoms with Crippen molar-refractivity contribution >= 4 is 12.1 Å². The van der Waals surface area contributed by atoms with Crippen molar-refractivity contribution in [2.45, 2.75) is 71.6 Å². The maximum Gasteiger partial charge on any atom is 0.408 e. The van der Waals surface area contributed by atoms with Gasteiger partial charge >= 0.3 is 12.1 Å². The van der Waals surface area contributed by atoms with Crippen molar-refractivity contribution in [2.24, 2.45) is 0 Å². The van der Waals surface area contributed by atoms with Crippen LogP contribution < -0.4 is 5.32 Å². The van der Waals surface area contributed by atoms with E-state index in [1.807, 2.05) is 42.5 Å². The number of nitrogens with zero attached hydrogens (tertiary/aromatic N) is 2. The number of carbonyl (C=O) groups excluding carboxylic acids is 2. The Labute approximate surface area is 248 Å². The first-order valence-corrected chi connectivity index (χ1v) is 14.0. The van der Waals surface area contributed by atoms with E-state index < -0.39 is 23.2 Å². The van der Waals surface area contributed by atoms with Crippen LogP contribution in [-0.4, -0.2) is 27.6 Å². The van der Waals surface area contributed by atoms with Crippen LogP contribution >= 0.6 is 0 Å². The molecule has 1 aromatic heterocycles. The Morgan fingerprint density at radius 2 is 1.24 bits per heavy atom. The molecule has 0 aliphatic carbocycles. The fraction of sp³-hybridized carbons (Fsp3) is 0.314. The smallest absolute Gasteiger partial charge is 0.408 e. The molecule has 0 aliphatic rings. The molecule has 1 atom stereocenters. The van der Waals surface area contributed by atoms with Crippen LogP contribution in [0.15, 0.2) is 91.3 Å². The molecule has 0 saturated carbocycles. The highest BCUT2D eigenvalue weighted by Gasteiger charge is 2.41. The first-order valence-electron chi connectivity index (χ1n) is 14.0. The van der Waals surface area contributed by atoms with Gasteiger partial charge in [0.05, 0.1) is 0 Å². The number of hydrogen-bond donors (Lipinski definition) is 1. The maximum atomic E-state index is 13.4. The van der Waals surface area contributed by atoms with Crippen LogP contribution in [0.4, 0.5) is 4.79 Å². The molecule has 1 heterocycles. The van der Waals surface area contributed by atoms with Crippen molar-refractivity contribution in [1.82, 2.24) is 15.3 Å². The molecule has 0 fully saturated rings. The number of nitrogens with one attached hydrogen (secondary N) is 1. The molecule has 1 N–H and O–H groups in total. The molecule has 42 heavy (non-hydrogen) atoms. The molecule has 0 bridgehead atoms. The highest BCUT2D eigenvalue weighted by molar-refractivity contribution is 5.87. The van der Waals surface area contributed by atoms with E-state index in [2.05, 4.69) is 60.3 Å². The van der Waals surface area contributed by atoms with Crippen molar-refractivity contribution < 1.29 is 19.1 Å². The highest BCUT2D eigenvalue weighted by Crippen LogP contribution is 2.29. The SMILES string of the molecule is CC(C)(C)OC(=O)[C@@](C)(NC(=O)OCc1ccccc1)c1ccc(-c2ncc(-c3ccc(C(C)(C)C)cc3)cn2)cc1. The van der Waals surface area contributed by atoms with E-state index in [4.69, 9.17) is 9.47 Å². The third-order valence-electron chi connectivity index (χ3n) is 6.83. The summed E-state index contributed by atoms with van der Waals surface area (Å²) in [7, 11) is 0. The molecule has 0 unspecified atom stereocenters. The van der Waals surface area contributed by atoms with Crippen molar-refractivity contribution in [3.8, 4) is 22.5 Å². The van der Waals surface area contributed by atoms with Gasteiger partial charge < -0.3 is 14.8 Å². The molecular weight excluding hydrogens is 526 g/mol. The Bertz CT molecular complexity index is 1500. The second-order valence-corrected chi connectivity index (χ2v) is 12.5. The number of carbonyl (C=O) groups is 2. The Hall–Kier alpha value is -4.52. The summed E-state index contributed by atoms with van der Waals surface area (Å²) in [5, 5.41) is 2.73. The third-order valence-corrected chi connectivity index (χ3v) is 6.83. The predicted octanol–water partition coefficient (Wildman–Crippen LogP) is 7.59. The molecule has 4 rings (SSSR count). The van der Waals surface area contributed by atoms with Crippen LogP contribution in [0.1, 0.15) is 65.2 Å². The quantitative estimate of drug-likeness (QED) is 0.232. The van der Waals surface area contributed by atoms with Crippen molar-refractivity contribution in [3.63, 3.8) is 0 Å². The number of ether oxygens (including phenoxy) is 2. The van der Waals surface area contributed by atoms with Crippen LogP contribution in [0.25, 0.3) is 22.5 Å². The topological polar surface area (TPSA) is 90.4 Å². The number of rotatable bonds is 7. The van der Waals surface area contributed by atoms with Crippen LogP contribution in [0, 0.1) is 0 Å². The number of benzene rings is 3. The van der Waals surface area contributed by atoms with Crippen molar-refractivity contribution in [3.05, 3.63) is 108 Å². The average Bonchev–Trinajstić information content (AvgIpc) is 2.95. The van der Waals surface area contributed by atoms with E-state index in [1.165, 1.54) is 5.56 Å². The summed E-state index contributed by atoms with van der Waals surface area (Å²) in [6, 6.07) is 24.9. The zero-order valence-electron chi connectivity index (χ0n) is 25.4. The molecule has 4 aromatic rings. The second kappa shape index (κ2) is 12.1. The highest BCUT2D eigenvalue weighted by atomic mass is 16.6.